The topological polar surface area (TPSA) is 12.9 Å². The first-order chi connectivity index (χ1) is 4.91. The zero-order valence-electron chi connectivity index (χ0n) is 7.23. The van der Waals surface area contributed by atoms with Crippen LogP contribution in [0, 0.1) is 12.9 Å². The standard InChI is InChI=1S/C8H12FNS/c1-5-10-7(9)6(11-5)8(2,3)4/h1-4H3. The minimum absolute atomic E-state index is 0.115. The number of halogens is 1. The van der Waals surface area contributed by atoms with Crippen LogP contribution >= 0.6 is 11.3 Å². The van der Waals surface area contributed by atoms with E-state index in [2.05, 4.69) is 4.98 Å². The Labute approximate surface area is 70.3 Å². The molecular weight excluding hydrogens is 161 g/mol. The molecule has 0 radical (unpaired) electrons. The fourth-order valence-electron chi connectivity index (χ4n) is 0.864. The third kappa shape index (κ3) is 1.77. The van der Waals surface area contributed by atoms with Gasteiger partial charge >= 0.3 is 0 Å². The van der Waals surface area contributed by atoms with Gasteiger partial charge in [-0.15, -0.1) is 11.3 Å². The van der Waals surface area contributed by atoms with E-state index in [1.54, 1.807) is 0 Å². The van der Waals surface area contributed by atoms with Crippen LogP contribution in [0.15, 0.2) is 0 Å². The van der Waals surface area contributed by atoms with Crippen molar-refractivity contribution in [2.75, 3.05) is 0 Å². The molecule has 0 N–H and O–H groups in total. The lowest BCUT2D eigenvalue weighted by molar-refractivity contribution is 0.515. The number of hydrogen-bond donors (Lipinski definition) is 0. The molecule has 1 aromatic rings. The zero-order valence-corrected chi connectivity index (χ0v) is 8.05. The molecule has 0 bridgehead atoms. The normalized spacial score (nSPS) is 12.1. The van der Waals surface area contributed by atoms with E-state index >= 15 is 0 Å². The van der Waals surface area contributed by atoms with Crippen molar-refractivity contribution in [3.05, 3.63) is 15.8 Å². The van der Waals surface area contributed by atoms with E-state index < -0.39 is 0 Å². The number of aromatic nitrogens is 1. The first-order valence-electron chi connectivity index (χ1n) is 3.54. The molecule has 0 saturated heterocycles. The number of thiazole rings is 1. The van der Waals surface area contributed by atoms with Crippen LogP contribution in [0.1, 0.15) is 30.7 Å². The third-order valence-electron chi connectivity index (χ3n) is 1.37. The Kier molecular flexibility index (Phi) is 2.01. The number of aryl methyl sites for hydroxylation is 1. The molecule has 1 aromatic heterocycles. The summed E-state index contributed by atoms with van der Waals surface area (Å²) < 4.78 is 13.0. The first-order valence-corrected chi connectivity index (χ1v) is 4.36. The van der Waals surface area contributed by atoms with Crippen molar-refractivity contribution >= 4 is 11.3 Å². The lowest BCUT2D eigenvalue weighted by atomic mass is 9.95. The van der Waals surface area contributed by atoms with Gasteiger partial charge in [-0.1, -0.05) is 20.8 Å². The van der Waals surface area contributed by atoms with E-state index in [0.29, 0.717) is 0 Å². The Morgan fingerprint density at radius 2 is 1.91 bits per heavy atom. The third-order valence-corrected chi connectivity index (χ3v) is 2.75. The van der Waals surface area contributed by atoms with Crippen molar-refractivity contribution in [1.82, 2.24) is 4.98 Å². The largest absolute Gasteiger partial charge is 0.227 e. The number of hydrogen-bond acceptors (Lipinski definition) is 2. The maximum Gasteiger partial charge on any atom is 0.227 e. The van der Waals surface area contributed by atoms with Gasteiger partial charge in [0.2, 0.25) is 5.95 Å². The summed E-state index contributed by atoms with van der Waals surface area (Å²) in [7, 11) is 0. The Morgan fingerprint density at radius 3 is 2.09 bits per heavy atom. The fourth-order valence-corrected chi connectivity index (χ4v) is 1.72. The van der Waals surface area contributed by atoms with Crippen LogP contribution < -0.4 is 0 Å². The van der Waals surface area contributed by atoms with Crippen molar-refractivity contribution in [3.63, 3.8) is 0 Å². The van der Waals surface area contributed by atoms with Crippen LogP contribution in [-0.2, 0) is 5.41 Å². The molecule has 0 aliphatic carbocycles. The average molecular weight is 173 g/mol. The second kappa shape index (κ2) is 2.55. The average Bonchev–Trinajstić information content (AvgIpc) is 2.08. The van der Waals surface area contributed by atoms with Crippen molar-refractivity contribution in [2.45, 2.75) is 33.1 Å². The molecule has 1 nitrogen and oxygen atoms in total. The highest BCUT2D eigenvalue weighted by Gasteiger charge is 2.21. The van der Waals surface area contributed by atoms with Gasteiger partial charge < -0.3 is 0 Å². The van der Waals surface area contributed by atoms with E-state index in [1.807, 2.05) is 27.7 Å². The van der Waals surface area contributed by atoms with Crippen LogP contribution in [0.5, 0.6) is 0 Å². The summed E-state index contributed by atoms with van der Waals surface area (Å²) in [6, 6.07) is 0. The maximum atomic E-state index is 13.0. The Hall–Kier alpha value is -0.440. The van der Waals surface area contributed by atoms with Crippen LogP contribution in [-0.4, -0.2) is 4.98 Å². The summed E-state index contributed by atoms with van der Waals surface area (Å²) in [6.07, 6.45) is 0. The van der Waals surface area contributed by atoms with Crippen molar-refractivity contribution in [3.8, 4) is 0 Å². The molecule has 0 spiro atoms. The molecule has 1 rings (SSSR count). The summed E-state index contributed by atoms with van der Waals surface area (Å²) >= 11 is 1.44. The van der Waals surface area contributed by atoms with Gasteiger partial charge in [0.05, 0.1) is 9.88 Å². The molecule has 0 atom stereocenters. The van der Waals surface area contributed by atoms with Crippen LogP contribution in [0.3, 0.4) is 0 Å². The summed E-state index contributed by atoms with van der Waals surface area (Å²) in [4.78, 5) is 4.47. The predicted octanol–water partition coefficient (Wildman–Crippen LogP) is 2.89. The van der Waals surface area contributed by atoms with Crippen LogP contribution in [0.4, 0.5) is 4.39 Å². The molecule has 0 aliphatic rings. The molecule has 0 amide bonds. The smallest absolute Gasteiger partial charge is 0.213 e. The van der Waals surface area contributed by atoms with E-state index in [0.717, 1.165) is 9.88 Å². The van der Waals surface area contributed by atoms with E-state index in [-0.39, 0.29) is 11.4 Å². The van der Waals surface area contributed by atoms with E-state index in [1.165, 1.54) is 11.3 Å². The molecule has 1 heterocycles. The SMILES string of the molecule is Cc1nc(F)c(C(C)(C)C)s1. The molecule has 0 unspecified atom stereocenters. The first kappa shape index (κ1) is 8.65. The zero-order chi connectivity index (χ0) is 8.65. The molecule has 0 saturated carbocycles. The minimum Gasteiger partial charge on any atom is -0.213 e. The molecule has 0 fully saturated rings. The monoisotopic (exact) mass is 173 g/mol. The second-order valence-corrected chi connectivity index (χ2v) is 4.81. The number of rotatable bonds is 0. The van der Waals surface area contributed by atoms with Gasteiger partial charge in [0.15, 0.2) is 0 Å². The molecule has 0 aromatic carbocycles. The molecule has 3 heteroatoms. The minimum atomic E-state index is -0.306. The van der Waals surface area contributed by atoms with Gasteiger partial charge in [0, 0.05) is 5.41 Å². The van der Waals surface area contributed by atoms with Gasteiger partial charge in [0.25, 0.3) is 0 Å². The van der Waals surface area contributed by atoms with Gasteiger partial charge in [-0.25, -0.2) is 4.98 Å². The predicted molar refractivity (Wildman–Crippen MR) is 45.5 cm³/mol. The molecule has 0 aliphatic heterocycles. The highest BCUT2D eigenvalue weighted by molar-refractivity contribution is 7.11. The lowest BCUT2D eigenvalue weighted by Gasteiger charge is -2.14. The van der Waals surface area contributed by atoms with E-state index in [4.69, 9.17) is 0 Å². The fraction of sp³-hybridized carbons (Fsp3) is 0.625. The number of nitrogens with zero attached hydrogens (tertiary/aromatic N) is 1. The van der Waals surface area contributed by atoms with Gasteiger partial charge in [-0.2, -0.15) is 4.39 Å². The Bertz CT molecular complexity index is 260. The van der Waals surface area contributed by atoms with Gasteiger partial charge in [-0.3, -0.25) is 0 Å². The van der Waals surface area contributed by atoms with Crippen molar-refractivity contribution in [1.29, 1.82) is 0 Å². The molecule has 11 heavy (non-hydrogen) atoms. The summed E-state index contributed by atoms with van der Waals surface area (Å²) in [5.41, 5.74) is -0.115. The molecule has 62 valence electrons. The van der Waals surface area contributed by atoms with Gasteiger partial charge in [-0.05, 0) is 6.92 Å². The Morgan fingerprint density at radius 1 is 1.36 bits per heavy atom. The molecular formula is C8H12FNS. The lowest BCUT2D eigenvalue weighted by Crippen LogP contribution is -2.10. The van der Waals surface area contributed by atoms with Crippen molar-refractivity contribution < 1.29 is 4.39 Å². The van der Waals surface area contributed by atoms with Crippen LogP contribution in [0.25, 0.3) is 0 Å². The highest BCUT2D eigenvalue weighted by atomic mass is 32.1. The summed E-state index contributed by atoms with van der Waals surface area (Å²) in [5, 5.41) is 0.799. The van der Waals surface area contributed by atoms with Crippen molar-refractivity contribution in [2.24, 2.45) is 0 Å². The highest BCUT2D eigenvalue weighted by Crippen LogP contribution is 2.29. The second-order valence-electron chi connectivity index (χ2n) is 3.60. The summed E-state index contributed by atoms with van der Waals surface area (Å²) in [6.45, 7) is 7.79. The van der Waals surface area contributed by atoms with Crippen LogP contribution in [0.2, 0.25) is 0 Å². The quantitative estimate of drug-likeness (QED) is 0.588. The maximum absolute atomic E-state index is 13.0. The van der Waals surface area contributed by atoms with E-state index in [9.17, 15) is 4.39 Å². The summed E-state index contributed by atoms with van der Waals surface area (Å²) in [5.74, 6) is -0.306. The Balaban J connectivity index is 3.13. The van der Waals surface area contributed by atoms with Gasteiger partial charge in [0.1, 0.15) is 0 Å².